The van der Waals surface area contributed by atoms with Crippen molar-refractivity contribution < 1.29 is 19.1 Å². The lowest BCUT2D eigenvalue weighted by Crippen LogP contribution is -2.42. The van der Waals surface area contributed by atoms with E-state index in [2.05, 4.69) is 5.32 Å². The number of carbonyl (C=O) groups excluding carboxylic acids is 3. The Morgan fingerprint density at radius 2 is 1.89 bits per heavy atom. The van der Waals surface area contributed by atoms with Crippen molar-refractivity contribution >= 4 is 28.5 Å². The molecule has 0 spiro atoms. The number of ether oxygens (including phenoxy) is 1. The molecule has 2 aromatic rings. The summed E-state index contributed by atoms with van der Waals surface area (Å²) < 4.78 is 7.03. The van der Waals surface area contributed by atoms with Crippen molar-refractivity contribution in [1.82, 2.24) is 14.8 Å². The first kappa shape index (κ1) is 19.1. The predicted octanol–water partition coefficient (Wildman–Crippen LogP) is 1.60. The molecule has 0 bridgehead atoms. The minimum Gasteiger partial charge on any atom is -0.378 e. The number of aromatic nitrogens is 1. The lowest BCUT2D eigenvalue weighted by Gasteiger charge is -2.27. The van der Waals surface area contributed by atoms with Gasteiger partial charge in [0.25, 0.3) is 11.7 Å². The molecule has 0 aliphatic carbocycles. The van der Waals surface area contributed by atoms with Gasteiger partial charge in [-0.3, -0.25) is 14.4 Å². The van der Waals surface area contributed by atoms with Crippen molar-refractivity contribution in [2.45, 2.75) is 26.3 Å². The number of nitrogens with one attached hydrogen (secondary N) is 1. The van der Waals surface area contributed by atoms with Crippen molar-refractivity contribution in [2.24, 2.45) is 0 Å². The molecule has 2 heterocycles. The van der Waals surface area contributed by atoms with E-state index >= 15 is 0 Å². The molecule has 0 atom stereocenters. The molecule has 3 rings (SSSR count). The third-order valence-corrected chi connectivity index (χ3v) is 4.72. The number of nitrogens with zero attached hydrogens (tertiary/aromatic N) is 2. The Bertz CT molecular complexity index is 837. The molecule has 0 saturated carbocycles. The second-order valence-corrected chi connectivity index (χ2v) is 6.62. The first-order valence-electron chi connectivity index (χ1n) is 9.37. The third kappa shape index (κ3) is 4.36. The van der Waals surface area contributed by atoms with E-state index in [1.165, 1.54) is 0 Å². The fourth-order valence-electron chi connectivity index (χ4n) is 3.20. The molecule has 0 unspecified atom stereocenters. The first-order chi connectivity index (χ1) is 13.1. The van der Waals surface area contributed by atoms with Crippen LogP contribution in [0.4, 0.5) is 0 Å². The number of rotatable bonds is 7. The van der Waals surface area contributed by atoms with Crippen molar-refractivity contribution in [2.75, 3.05) is 32.8 Å². The number of amides is 2. The molecule has 1 aliphatic rings. The number of hydrogen-bond acceptors (Lipinski definition) is 4. The van der Waals surface area contributed by atoms with Gasteiger partial charge in [0.2, 0.25) is 5.91 Å². The summed E-state index contributed by atoms with van der Waals surface area (Å²) in [7, 11) is 0. The summed E-state index contributed by atoms with van der Waals surface area (Å²) in [5.74, 6) is -1.20. The van der Waals surface area contributed by atoms with Gasteiger partial charge in [0.05, 0.1) is 18.8 Å². The van der Waals surface area contributed by atoms with E-state index in [-0.39, 0.29) is 12.5 Å². The van der Waals surface area contributed by atoms with Gasteiger partial charge in [-0.2, -0.15) is 0 Å². The van der Waals surface area contributed by atoms with Gasteiger partial charge < -0.3 is 19.5 Å². The maximum atomic E-state index is 12.6. The van der Waals surface area contributed by atoms with E-state index in [4.69, 9.17) is 4.74 Å². The van der Waals surface area contributed by atoms with Crippen LogP contribution < -0.4 is 5.32 Å². The Labute approximate surface area is 158 Å². The number of carbonyl (C=O) groups is 3. The standard InChI is InChI=1S/C20H25N3O4/c1-2-3-8-21-20(26)19(25)16-13-23(17-7-5-4-6-15(16)17)14-18(24)22-9-11-27-12-10-22/h4-7,13H,2-3,8-12,14H2,1H3,(H,21,26). The molecular weight excluding hydrogens is 346 g/mol. The van der Waals surface area contributed by atoms with Gasteiger partial charge in [-0.1, -0.05) is 31.5 Å². The van der Waals surface area contributed by atoms with Crippen molar-refractivity contribution in [3.05, 3.63) is 36.0 Å². The Kier molecular flexibility index (Phi) is 6.24. The molecule has 7 nitrogen and oxygen atoms in total. The zero-order valence-corrected chi connectivity index (χ0v) is 15.6. The second kappa shape index (κ2) is 8.81. The maximum Gasteiger partial charge on any atom is 0.292 e. The molecule has 0 radical (unpaired) electrons. The maximum absolute atomic E-state index is 12.6. The van der Waals surface area contributed by atoms with Gasteiger partial charge in [0.1, 0.15) is 6.54 Å². The fourth-order valence-corrected chi connectivity index (χ4v) is 3.20. The van der Waals surface area contributed by atoms with Gasteiger partial charge in [0.15, 0.2) is 0 Å². The van der Waals surface area contributed by atoms with Crippen molar-refractivity contribution in [3.8, 4) is 0 Å². The summed E-state index contributed by atoms with van der Waals surface area (Å²) in [6, 6.07) is 7.33. The lowest BCUT2D eigenvalue weighted by atomic mass is 10.1. The van der Waals surface area contributed by atoms with E-state index in [0.29, 0.717) is 43.8 Å². The highest BCUT2D eigenvalue weighted by Gasteiger charge is 2.23. The van der Waals surface area contributed by atoms with Gasteiger partial charge in [0, 0.05) is 36.7 Å². The number of morpholine rings is 1. The summed E-state index contributed by atoms with van der Waals surface area (Å²) in [6.45, 7) is 4.86. The molecule has 1 aliphatic heterocycles. The topological polar surface area (TPSA) is 80.6 Å². The molecule has 7 heteroatoms. The number of ketones is 1. The molecule has 27 heavy (non-hydrogen) atoms. The SMILES string of the molecule is CCCCNC(=O)C(=O)c1cn(CC(=O)N2CCOCC2)c2ccccc12. The molecule has 1 aromatic heterocycles. The average Bonchev–Trinajstić information content (AvgIpc) is 3.06. The summed E-state index contributed by atoms with van der Waals surface area (Å²) >= 11 is 0. The van der Waals surface area contributed by atoms with Crippen LogP contribution in [0.15, 0.2) is 30.5 Å². The van der Waals surface area contributed by atoms with Crippen molar-refractivity contribution in [1.29, 1.82) is 0 Å². The minimum absolute atomic E-state index is 0.0227. The van der Waals surface area contributed by atoms with Crippen LogP contribution in [0.1, 0.15) is 30.1 Å². The number of benzene rings is 1. The third-order valence-electron chi connectivity index (χ3n) is 4.72. The number of unbranched alkanes of at least 4 members (excludes halogenated alkanes) is 1. The number of Topliss-reactive ketones (excluding diaryl/α,β-unsaturated/α-hetero) is 1. The van der Waals surface area contributed by atoms with Gasteiger partial charge >= 0.3 is 0 Å². The van der Waals surface area contributed by atoms with E-state index in [1.54, 1.807) is 21.7 Å². The molecule has 1 fully saturated rings. The molecule has 1 saturated heterocycles. The zero-order valence-electron chi connectivity index (χ0n) is 15.6. The van der Waals surface area contributed by atoms with E-state index in [9.17, 15) is 14.4 Å². The first-order valence-corrected chi connectivity index (χ1v) is 9.37. The van der Waals surface area contributed by atoms with Crippen molar-refractivity contribution in [3.63, 3.8) is 0 Å². The molecular formula is C20H25N3O4. The Hall–Kier alpha value is -2.67. The molecule has 144 valence electrons. The zero-order chi connectivity index (χ0) is 19.2. The quantitative estimate of drug-likeness (QED) is 0.455. The highest BCUT2D eigenvalue weighted by molar-refractivity contribution is 6.45. The number of para-hydroxylation sites is 1. The molecule has 2 amide bonds. The van der Waals surface area contributed by atoms with Crippen LogP contribution in [-0.4, -0.2) is 59.9 Å². The summed E-state index contributed by atoms with van der Waals surface area (Å²) in [5, 5.41) is 3.34. The Morgan fingerprint density at radius 3 is 2.63 bits per heavy atom. The minimum atomic E-state index is -0.606. The average molecular weight is 371 g/mol. The van der Waals surface area contributed by atoms with Crippen LogP contribution in [0, 0.1) is 0 Å². The Morgan fingerprint density at radius 1 is 1.15 bits per heavy atom. The van der Waals surface area contributed by atoms with Gasteiger partial charge in [-0.25, -0.2) is 0 Å². The Balaban J connectivity index is 1.81. The summed E-state index contributed by atoms with van der Waals surface area (Å²) in [4.78, 5) is 39.1. The highest BCUT2D eigenvalue weighted by Crippen LogP contribution is 2.22. The van der Waals surface area contributed by atoms with E-state index in [0.717, 1.165) is 18.4 Å². The van der Waals surface area contributed by atoms with Crippen LogP contribution in [-0.2, 0) is 20.9 Å². The predicted molar refractivity (Wildman–Crippen MR) is 102 cm³/mol. The summed E-state index contributed by atoms with van der Waals surface area (Å²) in [5.41, 5.74) is 1.10. The molecule has 1 N–H and O–H groups in total. The second-order valence-electron chi connectivity index (χ2n) is 6.62. The lowest BCUT2D eigenvalue weighted by molar-refractivity contribution is -0.135. The number of hydrogen-bond donors (Lipinski definition) is 1. The van der Waals surface area contributed by atoms with Crippen LogP contribution >= 0.6 is 0 Å². The van der Waals surface area contributed by atoms with E-state index < -0.39 is 11.7 Å². The van der Waals surface area contributed by atoms with Gasteiger partial charge in [-0.15, -0.1) is 0 Å². The van der Waals surface area contributed by atoms with Crippen LogP contribution in [0.25, 0.3) is 10.9 Å². The largest absolute Gasteiger partial charge is 0.378 e. The normalized spacial score (nSPS) is 14.3. The van der Waals surface area contributed by atoms with E-state index in [1.807, 2.05) is 25.1 Å². The van der Waals surface area contributed by atoms with Crippen LogP contribution in [0.3, 0.4) is 0 Å². The van der Waals surface area contributed by atoms with Crippen LogP contribution in [0.5, 0.6) is 0 Å². The highest BCUT2D eigenvalue weighted by atomic mass is 16.5. The number of fused-ring (bicyclic) bond motifs is 1. The monoisotopic (exact) mass is 371 g/mol. The fraction of sp³-hybridized carbons (Fsp3) is 0.450. The smallest absolute Gasteiger partial charge is 0.292 e. The summed E-state index contributed by atoms with van der Waals surface area (Å²) in [6.07, 6.45) is 3.39. The van der Waals surface area contributed by atoms with Crippen LogP contribution in [0.2, 0.25) is 0 Å². The molecule has 1 aromatic carbocycles. The van der Waals surface area contributed by atoms with Gasteiger partial charge in [-0.05, 0) is 12.5 Å².